The minimum Gasteiger partial charge on any atom is -0.504 e. The first-order chi connectivity index (χ1) is 15.4. The van der Waals surface area contributed by atoms with Crippen molar-refractivity contribution in [3.63, 3.8) is 0 Å². The van der Waals surface area contributed by atoms with Crippen LogP contribution in [0.2, 0.25) is 0 Å². The number of primary amides is 1. The Labute approximate surface area is 183 Å². The SMILES string of the molecule is CCNC(=O)NCc1ccc(-c2nn(C)c(-c3nc4cc(C(N)=O)ccc4[nH]3)c2O)cc1. The van der Waals surface area contributed by atoms with Crippen molar-refractivity contribution in [3.05, 3.63) is 53.6 Å². The number of imidazole rings is 1. The zero-order chi connectivity index (χ0) is 22.8. The summed E-state index contributed by atoms with van der Waals surface area (Å²) in [5.74, 6) is -0.134. The lowest BCUT2D eigenvalue weighted by Gasteiger charge is -2.06. The number of benzene rings is 2. The van der Waals surface area contributed by atoms with Crippen molar-refractivity contribution in [2.45, 2.75) is 13.5 Å². The molecule has 10 nitrogen and oxygen atoms in total. The Morgan fingerprint density at radius 3 is 2.59 bits per heavy atom. The lowest BCUT2D eigenvalue weighted by Crippen LogP contribution is -2.34. The van der Waals surface area contributed by atoms with E-state index in [9.17, 15) is 14.7 Å². The number of rotatable bonds is 6. The maximum atomic E-state index is 11.5. The molecule has 2 aromatic heterocycles. The van der Waals surface area contributed by atoms with E-state index in [0.717, 1.165) is 11.1 Å². The molecule has 164 valence electrons. The van der Waals surface area contributed by atoms with E-state index in [4.69, 9.17) is 5.73 Å². The van der Waals surface area contributed by atoms with Gasteiger partial charge in [-0.1, -0.05) is 24.3 Å². The van der Waals surface area contributed by atoms with Gasteiger partial charge in [0.15, 0.2) is 11.6 Å². The maximum Gasteiger partial charge on any atom is 0.315 e. The first kappa shape index (κ1) is 20.9. The molecule has 0 saturated heterocycles. The second-order valence-corrected chi connectivity index (χ2v) is 7.26. The standard InChI is InChI=1S/C22H23N7O3/c1-3-24-22(32)25-11-12-4-6-13(7-5-12)17-19(30)18(29(2)28-17)21-26-15-9-8-14(20(23)31)10-16(15)27-21/h4-10,30H,3,11H2,1-2H3,(H2,23,31)(H,26,27)(H2,24,25,32). The summed E-state index contributed by atoms with van der Waals surface area (Å²) < 4.78 is 1.54. The molecule has 4 rings (SSSR count). The molecular weight excluding hydrogens is 410 g/mol. The van der Waals surface area contributed by atoms with Gasteiger partial charge in [0.1, 0.15) is 11.4 Å². The van der Waals surface area contributed by atoms with Crippen molar-refractivity contribution in [1.29, 1.82) is 0 Å². The van der Waals surface area contributed by atoms with Gasteiger partial charge in [0, 0.05) is 31.3 Å². The number of nitrogens with zero attached hydrogens (tertiary/aromatic N) is 3. The van der Waals surface area contributed by atoms with Crippen LogP contribution in [-0.4, -0.2) is 43.3 Å². The van der Waals surface area contributed by atoms with Crippen LogP contribution < -0.4 is 16.4 Å². The van der Waals surface area contributed by atoms with Crippen LogP contribution in [0.3, 0.4) is 0 Å². The van der Waals surface area contributed by atoms with Crippen LogP contribution in [0.25, 0.3) is 33.8 Å². The number of carbonyl (C=O) groups is 2. The Hall–Kier alpha value is -4.34. The fourth-order valence-electron chi connectivity index (χ4n) is 3.43. The molecule has 2 heterocycles. The van der Waals surface area contributed by atoms with Crippen LogP contribution >= 0.6 is 0 Å². The molecule has 0 bridgehead atoms. The van der Waals surface area contributed by atoms with Crippen LogP contribution in [0.5, 0.6) is 5.75 Å². The number of nitrogens with two attached hydrogens (primary N) is 1. The fraction of sp³-hybridized carbons (Fsp3) is 0.182. The topological polar surface area (TPSA) is 151 Å². The third-order valence-corrected chi connectivity index (χ3v) is 5.03. The summed E-state index contributed by atoms with van der Waals surface area (Å²) in [6.07, 6.45) is 0. The average molecular weight is 433 g/mol. The molecule has 0 saturated carbocycles. The van der Waals surface area contributed by atoms with Crippen LogP contribution in [-0.2, 0) is 13.6 Å². The predicted octanol–water partition coefficient (Wildman–Crippen LogP) is 2.25. The molecule has 0 aliphatic carbocycles. The van der Waals surface area contributed by atoms with Gasteiger partial charge in [0.05, 0.1) is 11.0 Å². The zero-order valence-corrected chi connectivity index (χ0v) is 17.6. The Kier molecular flexibility index (Phi) is 5.50. The highest BCUT2D eigenvalue weighted by molar-refractivity contribution is 5.96. The largest absolute Gasteiger partial charge is 0.504 e. The number of amides is 3. The molecule has 32 heavy (non-hydrogen) atoms. The van der Waals surface area contributed by atoms with Gasteiger partial charge in [-0.2, -0.15) is 5.10 Å². The normalized spacial score (nSPS) is 10.9. The number of aryl methyl sites for hydroxylation is 1. The van der Waals surface area contributed by atoms with Gasteiger partial charge in [0.25, 0.3) is 0 Å². The van der Waals surface area contributed by atoms with Gasteiger partial charge >= 0.3 is 6.03 Å². The fourth-order valence-corrected chi connectivity index (χ4v) is 3.43. The monoisotopic (exact) mass is 433 g/mol. The molecule has 0 radical (unpaired) electrons. The number of hydrogen-bond donors (Lipinski definition) is 5. The molecule has 0 unspecified atom stereocenters. The maximum absolute atomic E-state index is 11.5. The van der Waals surface area contributed by atoms with Crippen LogP contribution in [0.1, 0.15) is 22.8 Å². The minimum atomic E-state index is -0.535. The predicted molar refractivity (Wildman–Crippen MR) is 120 cm³/mol. The number of hydrogen-bond acceptors (Lipinski definition) is 5. The van der Waals surface area contributed by atoms with E-state index in [0.29, 0.717) is 46.9 Å². The number of carbonyl (C=O) groups excluding carboxylic acids is 2. The molecule has 6 N–H and O–H groups in total. The molecular formula is C22H23N7O3. The molecule has 3 amide bonds. The number of aromatic hydroxyl groups is 1. The first-order valence-corrected chi connectivity index (χ1v) is 10.0. The lowest BCUT2D eigenvalue weighted by molar-refractivity contribution is 0.100. The van der Waals surface area contributed by atoms with Crippen molar-refractivity contribution < 1.29 is 14.7 Å². The van der Waals surface area contributed by atoms with Crippen molar-refractivity contribution in [1.82, 2.24) is 30.4 Å². The van der Waals surface area contributed by atoms with Crippen molar-refractivity contribution in [2.24, 2.45) is 12.8 Å². The highest BCUT2D eigenvalue weighted by atomic mass is 16.3. The highest BCUT2D eigenvalue weighted by Crippen LogP contribution is 2.37. The van der Waals surface area contributed by atoms with E-state index in [1.807, 2.05) is 31.2 Å². The molecule has 0 aliphatic rings. The quantitative estimate of drug-likeness (QED) is 0.316. The van der Waals surface area contributed by atoms with E-state index >= 15 is 0 Å². The van der Waals surface area contributed by atoms with Crippen LogP contribution in [0.4, 0.5) is 4.79 Å². The van der Waals surface area contributed by atoms with Gasteiger partial charge in [0.2, 0.25) is 5.91 Å². The van der Waals surface area contributed by atoms with Crippen molar-refractivity contribution >= 4 is 23.0 Å². The molecule has 2 aromatic carbocycles. The summed E-state index contributed by atoms with van der Waals surface area (Å²) in [4.78, 5) is 30.6. The summed E-state index contributed by atoms with van der Waals surface area (Å²) in [5.41, 5.74) is 9.42. The average Bonchev–Trinajstić information content (AvgIpc) is 3.31. The van der Waals surface area contributed by atoms with Gasteiger partial charge in [-0.25, -0.2) is 9.78 Å². The first-order valence-electron chi connectivity index (χ1n) is 10.0. The lowest BCUT2D eigenvalue weighted by atomic mass is 10.1. The third kappa shape index (κ3) is 3.97. The molecule has 0 spiro atoms. The Balaban J connectivity index is 1.61. The van der Waals surface area contributed by atoms with Gasteiger partial charge < -0.3 is 26.5 Å². The van der Waals surface area contributed by atoms with Gasteiger partial charge in [-0.15, -0.1) is 0 Å². The van der Waals surface area contributed by atoms with E-state index in [1.54, 1.807) is 29.9 Å². The smallest absolute Gasteiger partial charge is 0.315 e. The van der Waals surface area contributed by atoms with E-state index in [2.05, 4.69) is 25.7 Å². The second kappa shape index (κ2) is 8.42. The molecule has 4 aromatic rings. The van der Waals surface area contributed by atoms with Gasteiger partial charge in [-0.05, 0) is 30.7 Å². The molecule has 10 heteroatoms. The summed E-state index contributed by atoms with van der Waals surface area (Å²) in [5, 5.41) is 20.8. The summed E-state index contributed by atoms with van der Waals surface area (Å²) in [6, 6.07) is 12.1. The number of fused-ring (bicyclic) bond motifs is 1. The van der Waals surface area contributed by atoms with Crippen molar-refractivity contribution in [3.8, 4) is 28.5 Å². The second-order valence-electron chi connectivity index (χ2n) is 7.26. The molecule has 0 aliphatic heterocycles. The minimum absolute atomic E-state index is 0.0186. The number of nitrogens with one attached hydrogen (secondary N) is 3. The number of H-pyrrole nitrogens is 1. The Bertz CT molecular complexity index is 1310. The number of urea groups is 1. The Morgan fingerprint density at radius 1 is 1.16 bits per heavy atom. The van der Waals surface area contributed by atoms with Gasteiger partial charge in [-0.3, -0.25) is 9.48 Å². The van der Waals surface area contributed by atoms with E-state index < -0.39 is 5.91 Å². The summed E-state index contributed by atoms with van der Waals surface area (Å²) in [6.45, 7) is 2.80. The Morgan fingerprint density at radius 2 is 1.91 bits per heavy atom. The molecule has 0 atom stereocenters. The number of aromatic amines is 1. The van der Waals surface area contributed by atoms with Crippen molar-refractivity contribution in [2.75, 3.05) is 6.54 Å². The summed E-state index contributed by atoms with van der Waals surface area (Å²) >= 11 is 0. The van der Waals surface area contributed by atoms with E-state index in [1.165, 1.54) is 0 Å². The number of aromatic nitrogens is 4. The zero-order valence-electron chi connectivity index (χ0n) is 17.6. The van der Waals surface area contributed by atoms with Crippen LogP contribution in [0.15, 0.2) is 42.5 Å². The summed E-state index contributed by atoms with van der Waals surface area (Å²) in [7, 11) is 1.71. The highest BCUT2D eigenvalue weighted by Gasteiger charge is 2.21. The third-order valence-electron chi connectivity index (χ3n) is 5.03. The molecule has 0 fully saturated rings. The van der Waals surface area contributed by atoms with Crippen LogP contribution in [0, 0.1) is 0 Å². The van der Waals surface area contributed by atoms with E-state index in [-0.39, 0.29) is 11.8 Å².